The summed E-state index contributed by atoms with van der Waals surface area (Å²) in [7, 11) is 0. The van der Waals surface area contributed by atoms with Crippen LogP contribution in [0.2, 0.25) is 0 Å². The maximum atomic E-state index is 11.3. The molecule has 11 heteroatoms. The van der Waals surface area contributed by atoms with Gasteiger partial charge in [0, 0.05) is 17.2 Å². The van der Waals surface area contributed by atoms with Gasteiger partial charge in [-0.1, -0.05) is 11.6 Å². The smallest absolute Gasteiger partial charge is 0.335 e. The molecule has 1 aromatic carbocycles. The lowest BCUT2D eigenvalue weighted by Crippen LogP contribution is -2.61. The van der Waals surface area contributed by atoms with E-state index in [1.807, 2.05) is 0 Å². The van der Waals surface area contributed by atoms with E-state index in [4.69, 9.17) is 14.6 Å². The fourth-order valence-corrected chi connectivity index (χ4v) is 2.93. The number of allylic oxidation sites excluding steroid dienone is 2. The molecular weight excluding hydrogens is 404 g/mol. The molecule has 166 valence electrons. The van der Waals surface area contributed by atoms with Crippen LogP contribution < -0.4 is 4.74 Å². The van der Waals surface area contributed by atoms with E-state index in [0.717, 1.165) is 11.6 Å². The van der Waals surface area contributed by atoms with Crippen molar-refractivity contribution in [3.63, 3.8) is 0 Å². The number of phenols is 2. The van der Waals surface area contributed by atoms with Crippen molar-refractivity contribution in [3.05, 3.63) is 28.8 Å². The highest BCUT2D eigenvalue weighted by Crippen LogP contribution is 2.40. The number of hydrogen-bond acceptors (Lipinski definition) is 9. The van der Waals surface area contributed by atoms with Gasteiger partial charge < -0.3 is 45.2 Å². The molecule has 0 amide bonds. The van der Waals surface area contributed by atoms with E-state index < -0.39 is 66.3 Å². The normalized spacial score (nSPS) is 26.1. The van der Waals surface area contributed by atoms with Gasteiger partial charge in [0.25, 0.3) is 0 Å². The molecule has 7 N–H and O–H groups in total. The first-order valence-electron chi connectivity index (χ1n) is 8.95. The maximum absolute atomic E-state index is 11.3. The Bertz CT molecular complexity index is 843. The third-order valence-corrected chi connectivity index (χ3v) is 4.54. The molecule has 0 aromatic heterocycles. The fraction of sp³-hybridized carbons (Fsp3) is 0.474. The molecule has 1 aliphatic heterocycles. The molecule has 11 nitrogen and oxygen atoms in total. The van der Waals surface area contributed by atoms with Crippen LogP contribution in [0.4, 0.5) is 0 Å². The number of hydrogen-bond donors (Lipinski definition) is 7. The van der Waals surface area contributed by atoms with Gasteiger partial charge in [0.2, 0.25) is 6.29 Å². The van der Waals surface area contributed by atoms with E-state index in [1.165, 1.54) is 0 Å². The molecule has 0 radical (unpaired) electrons. The van der Waals surface area contributed by atoms with Crippen molar-refractivity contribution < 1.29 is 54.8 Å². The van der Waals surface area contributed by atoms with E-state index in [0.29, 0.717) is 0 Å². The third kappa shape index (κ3) is 5.00. The van der Waals surface area contributed by atoms with Crippen LogP contribution in [0.3, 0.4) is 0 Å². The average Bonchev–Trinajstić information content (AvgIpc) is 2.64. The van der Waals surface area contributed by atoms with Gasteiger partial charge in [-0.25, -0.2) is 4.79 Å². The monoisotopic (exact) mass is 428 g/mol. The Morgan fingerprint density at radius 3 is 2.23 bits per heavy atom. The van der Waals surface area contributed by atoms with Crippen molar-refractivity contribution in [1.82, 2.24) is 0 Å². The second-order valence-corrected chi connectivity index (χ2v) is 7.11. The molecule has 1 fully saturated rings. The summed E-state index contributed by atoms with van der Waals surface area (Å²) in [6.45, 7) is 3.59. The van der Waals surface area contributed by atoms with Gasteiger partial charge in [-0.2, -0.15) is 0 Å². The molecule has 1 saturated heterocycles. The first-order valence-corrected chi connectivity index (χ1v) is 8.95. The summed E-state index contributed by atoms with van der Waals surface area (Å²) in [5.41, 5.74) is 0.685. The van der Waals surface area contributed by atoms with Crippen LogP contribution in [0, 0.1) is 0 Å². The highest BCUT2D eigenvalue weighted by molar-refractivity contribution is 5.74. The molecule has 0 saturated carbocycles. The number of phenolic OH excluding ortho intramolecular Hbond substituents is 2. The number of aliphatic hydroxyl groups excluding tert-OH is 3. The van der Waals surface area contributed by atoms with Crippen LogP contribution in [0.5, 0.6) is 17.2 Å². The number of rotatable bonds is 7. The van der Waals surface area contributed by atoms with Gasteiger partial charge in [-0.05, 0) is 20.3 Å². The van der Waals surface area contributed by atoms with Crippen molar-refractivity contribution in [2.45, 2.75) is 57.4 Å². The van der Waals surface area contributed by atoms with E-state index >= 15 is 0 Å². The van der Waals surface area contributed by atoms with E-state index in [2.05, 4.69) is 0 Å². The van der Waals surface area contributed by atoms with Crippen LogP contribution in [0.1, 0.15) is 25.0 Å². The van der Waals surface area contributed by atoms with Crippen molar-refractivity contribution in [2.75, 3.05) is 0 Å². The summed E-state index contributed by atoms with van der Waals surface area (Å²) in [6.07, 6.45) is -8.47. The van der Waals surface area contributed by atoms with Gasteiger partial charge in [0.1, 0.15) is 35.6 Å². The molecule has 1 aromatic rings. The van der Waals surface area contributed by atoms with Crippen LogP contribution in [0.25, 0.3) is 0 Å². The van der Waals surface area contributed by atoms with Crippen molar-refractivity contribution >= 4 is 11.9 Å². The standard InChI is InChI=1S/C19H24O11/c1-7(2)3-4-8-10(20)6-11(9(13(8)23)5-12(21)22)29-19-16(26)14(24)15(25)17(30-19)18(27)28/h3,6,14-17,19-20,23-26H,4-5H2,1-2H3,(H,21,22)(H,27,28). The second kappa shape index (κ2) is 9.30. The topological polar surface area (TPSA) is 194 Å². The largest absolute Gasteiger partial charge is 0.507 e. The Kier molecular flexibility index (Phi) is 7.26. The molecule has 1 heterocycles. The summed E-state index contributed by atoms with van der Waals surface area (Å²) in [6, 6.07) is 0.995. The lowest BCUT2D eigenvalue weighted by Gasteiger charge is -2.38. The SMILES string of the molecule is CC(C)=CCc1c(O)cc(OC2OC(C(=O)O)C(O)C(O)C2O)c(CC(=O)O)c1O. The van der Waals surface area contributed by atoms with Gasteiger partial charge in [0.05, 0.1) is 6.42 Å². The predicted octanol–water partition coefficient (Wildman–Crippen LogP) is -0.495. The number of aliphatic hydroxyl groups is 3. The molecule has 30 heavy (non-hydrogen) atoms. The highest BCUT2D eigenvalue weighted by atomic mass is 16.7. The molecular formula is C19H24O11. The number of benzene rings is 1. The molecule has 2 rings (SSSR count). The molecule has 0 spiro atoms. The minimum absolute atomic E-state index is 0.0452. The van der Waals surface area contributed by atoms with Crippen molar-refractivity contribution in [2.24, 2.45) is 0 Å². The predicted molar refractivity (Wildman–Crippen MR) is 99.2 cm³/mol. The van der Waals surface area contributed by atoms with Crippen LogP contribution in [-0.4, -0.2) is 78.4 Å². The summed E-state index contributed by atoms with van der Waals surface area (Å²) in [5, 5.41) is 68.8. The van der Waals surface area contributed by atoms with Crippen molar-refractivity contribution in [1.29, 1.82) is 0 Å². The van der Waals surface area contributed by atoms with Crippen molar-refractivity contribution in [3.8, 4) is 17.2 Å². The molecule has 5 unspecified atom stereocenters. The first-order chi connectivity index (χ1) is 13.9. The van der Waals surface area contributed by atoms with Gasteiger partial charge in [-0.15, -0.1) is 0 Å². The fourth-order valence-electron chi connectivity index (χ4n) is 2.93. The third-order valence-electron chi connectivity index (χ3n) is 4.54. The Labute approximate surface area is 171 Å². The van der Waals surface area contributed by atoms with E-state index in [1.54, 1.807) is 19.9 Å². The lowest BCUT2D eigenvalue weighted by atomic mass is 9.98. The minimum Gasteiger partial charge on any atom is -0.507 e. The van der Waals surface area contributed by atoms with E-state index in [9.17, 15) is 40.2 Å². The zero-order valence-electron chi connectivity index (χ0n) is 16.2. The molecule has 0 bridgehead atoms. The second-order valence-electron chi connectivity index (χ2n) is 7.11. The first kappa shape index (κ1) is 23.4. The Morgan fingerprint density at radius 1 is 1.07 bits per heavy atom. The van der Waals surface area contributed by atoms with Gasteiger partial charge in [-0.3, -0.25) is 4.79 Å². The molecule has 5 atom stereocenters. The Morgan fingerprint density at radius 2 is 1.70 bits per heavy atom. The summed E-state index contributed by atoms with van der Waals surface area (Å²) >= 11 is 0. The zero-order valence-corrected chi connectivity index (χ0v) is 16.2. The average molecular weight is 428 g/mol. The highest BCUT2D eigenvalue weighted by Gasteiger charge is 2.48. The number of ether oxygens (including phenoxy) is 2. The molecule has 1 aliphatic rings. The quantitative estimate of drug-likeness (QED) is 0.277. The number of carboxylic acid groups (broad SMARTS) is 2. The van der Waals surface area contributed by atoms with Gasteiger partial charge in [0.15, 0.2) is 6.10 Å². The Balaban J connectivity index is 2.45. The zero-order chi connectivity index (χ0) is 22.7. The minimum atomic E-state index is -1.94. The molecule has 0 aliphatic carbocycles. The number of aliphatic carboxylic acids is 2. The van der Waals surface area contributed by atoms with E-state index in [-0.39, 0.29) is 17.5 Å². The van der Waals surface area contributed by atoms with Gasteiger partial charge >= 0.3 is 11.9 Å². The number of aromatic hydroxyl groups is 2. The Hall–Kier alpha value is -2.86. The van der Waals surface area contributed by atoms with Crippen LogP contribution in [0.15, 0.2) is 17.7 Å². The van der Waals surface area contributed by atoms with Crippen LogP contribution >= 0.6 is 0 Å². The number of carbonyl (C=O) groups is 2. The number of carboxylic acids is 2. The maximum Gasteiger partial charge on any atom is 0.335 e. The van der Waals surface area contributed by atoms with Crippen LogP contribution in [-0.2, 0) is 27.2 Å². The summed E-state index contributed by atoms with van der Waals surface area (Å²) < 4.78 is 10.3. The summed E-state index contributed by atoms with van der Waals surface area (Å²) in [4.78, 5) is 22.5. The lowest BCUT2D eigenvalue weighted by molar-refractivity contribution is -0.271. The summed E-state index contributed by atoms with van der Waals surface area (Å²) in [5.74, 6) is -4.35.